The molecule has 0 aromatic rings. The van der Waals surface area contributed by atoms with Crippen LogP contribution in [0.4, 0.5) is 0 Å². The molecule has 0 atom stereocenters. The van der Waals surface area contributed by atoms with E-state index in [0.29, 0.717) is 13.1 Å². The molecule has 0 unspecified atom stereocenters. The van der Waals surface area contributed by atoms with Crippen LogP contribution in [0, 0.1) is 5.41 Å². The molecule has 0 rings (SSSR count). The number of hydrogen-bond acceptors (Lipinski definition) is 1. The maximum Gasteiger partial charge on any atom is 0.188 e. The van der Waals surface area contributed by atoms with Crippen molar-refractivity contribution in [2.45, 2.75) is 67.2 Å². The molecule has 0 saturated heterocycles. The van der Waals surface area contributed by atoms with Gasteiger partial charge in [0.1, 0.15) is 0 Å². The number of nitrogens with zero attached hydrogens (tertiary/aromatic N) is 1. The summed E-state index contributed by atoms with van der Waals surface area (Å²) < 4.78 is 0. The van der Waals surface area contributed by atoms with Crippen molar-refractivity contribution in [2.24, 2.45) is 5.73 Å². The third-order valence-corrected chi connectivity index (χ3v) is 3.84. The van der Waals surface area contributed by atoms with Crippen LogP contribution in [-0.2, 0) is 0 Å². The van der Waals surface area contributed by atoms with Crippen molar-refractivity contribution >= 4 is 5.96 Å². The van der Waals surface area contributed by atoms with Crippen LogP contribution < -0.4 is 5.73 Å². The van der Waals surface area contributed by atoms with E-state index in [0.717, 1.165) is 25.7 Å². The molecule has 0 aliphatic heterocycles. The second-order valence-electron chi connectivity index (χ2n) is 7.03. The zero-order valence-corrected chi connectivity index (χ0v) is 16.6. The Bertz CT molecular complexity index is 459. The van der Waals surface area contributed by atoms with E-state index < -0.39 is 0 Å². The SMILES string of the molecule is CC(C)=CCC/C(C)=C/CN(C/C=C(\C)CCC=C(C)C)C(=N)N. The molecule has 3 nitrogen and oxygen atoms in total. The number of allylic oxidation sites excluding steroid dienone is 6. The molecule has 0 aliphatic carbocycles. The van der Waals surface area contributed by atoms with E-state index in [1.54, 1.807) is 0 Å². The normalized spacial score (nSPS) is 11.9. The number of rotatable bonds is 10. The van der Waals surface area contributed by atoms with Gasteiger partial charge in [-0.05, 0) is 67.2 Å². The van der Waals surface area contributed by atoms with Gasteiger partial charge in [0.2, 0.25) is 0 Å². The van der Waals surface area contributed by atoms with Crippen molar-refractivity contribution in [3.05, 3.63) is 46.6 Å². The number of nitrogens with two attached hydrogens (primary N) is 1. The van der Waals surface area contributed by atoms with Gasteiger partial charge in [-0.15, -0.1) is 0 Å². The Morgan fingerprint density at radius 2 is 1.12 bits per heavy atom. The van der Waals surface area contributed by atoms with E-state index in [-0.39, 0.29) is 5.96 Å². The van der Waals surface area contributed by atoms with Gasteiger partial charge >= 0.3 is 0 Å². The lowest BCUT2D eigenvalue weighted by molar-refractivity contribution is 0.499. The first kappa shape index (κ1) is 22.2. The molecular weight excluding hydrogens is 294 g/mol. The van der Waals surface area contributed by atoms with Crippen LogP contribution in [-0.4, -0.2) is 23.9 Å². The fourth-order valence-electron chi connectivity index (χ4n) is 2.18. The van der Waals surface area contributed by atoms with E-state index in [9.17, 15) is 0 Å². The third-order valence-electron chi connectivity index (χ3n) is 3.84. The van der Waals surface area contributed by atoms with Crippen LogP contribution in [0.25, 0.3) is 0 Å². The van der Waals surface area contributed by atoms with Crippen molar-refractivity contribution in [2.75, 3.05) is 13.1 Å². The van der Waals surface area contributed by atoms with Crippen molar-refractivity contribution in [1.82, 2.24) is 4.90 Å². The summed E-state index contributed by atoms with van der Waals surface area (Å²) in [6, 6.07) is 0. The highest BCUT2D eigenvalue weighted by Gasteiger charge is 2.03. The zero-order chi connectivity index (χ0) is 18.5. The van der Waals surface area contributed by atoms with Crippen LogP contribution in [0.5, 0.6) is 0 Å². The summed E-state index contributed by atoms with van der Waals surface area (Å²) in [6.07, 6.45) is 13.2. The van der Waals surface area contributed by atoms with Gasteiger partial charge < -0.3 is 10.6 Å². The van der Waals surface area contributed by atoms with Crippen molar-refractivity contribution in [3.8, 4) is 0 Å². The van der Waals surface area contributed by atoms with Crippen molar-refractivity contribution in [3.63, 3.8) is 0 Å². The van der Waals surface area contributed by atoms with Gasteiger partial charge in [-0.25, -0.2) is 0 Å². The summed E-state index contributed by atoms with van der Waals surface area (Å²) in [7, 11) is 0. The van der Waals surface area contributed by atoms with Gasteiger partial charge in [-0.2, -0.15) is 0 Å². The summed E-state index contributed by atoms with van der Waals surface area (Å²) in [5.41, 5.74) is 11.1. The molecule has 0 radical (unpaired) electrons. The minimum atomic E-state index is 0.136. The summed E-state index contributed by atoms with van der Waals surface area (Å²) >= 11 is 0. The van der Waals surface area contributed by atoms with E-state index in [4.69, 9.17) is 11.1 Å². The molecule has 0 aromatic carbocycles. The van der Waals surface area contributed by atoms with Gasteiger partial charge in [0.15, 0.2) is 5.96 Å². The predicted octanol–water partition coefficient (Wildman–Crippen LogP) is 5.57. The molecule has 0 aliphatic rings. The Hall–Kier alpha value is -1.77. The summed E-state index contributed by atoms with van der Waals surface area (Å²) in [5, 5.41) is 7.76. The quantitative estimate of drug-likeness (QED) is 0.312. The highest BCUT2D eigenvalue weighted by atomic mass is 15.2. The minimum absolute atomic E-state index is 0.136. The van der Waals surface area contributed by atoms with E-state index in [1.165, 1.54) is 22.3 Å². The molecule has 0 fully saturated rings. The van der Waals surface area contributed by atoms with E-state index in [2.05, 4.69) is 65.8 Å². The summed E-state index contributed by atoms with van der Waals surface area (Å²) in [4.78, 5) is 1.90. The lowest BCUT2D eigenvalue weighted by atomic mass is 10.1. The molecule has 24 heavy (non-hydrogen) atoms. The first-order valence-corrected chi connectivity index (χ1v) is 8.89. The molecule has 0 saturated carbocycles. The summed E-state index contributed by atoms with van der Waals surface area (Å²) in [5.74, 6) is 0.136. The smallest absolute Gasteiger partial charge is 0.188 e. The van der Waals surface area contributed by atoms with Gasteiger partial charge in [0.05, 0.1) is 0 Å². The topological polar surface area (TPSA) is 53.1 Å². The van der Waals surface area contributed by atoms with Gasteiger partial charge in [0.25, 0.3) is 0 Å². The average Bonchev–Trinajstić information content (AvgIpc) is 2.45. The largest absolute Gasteiger partial charge is 0.370 e. The lowest BCUT2D eigenvalue weighted by Crippen LogP contribution is -2.36. The Kier molecular flexibility index (Phi) is 11.7. The standard InChI is InChI=1S/C21H37N3/c1-17(2)9-7-11-19(5)13-15-24(21(22)23)16-14-20(6)12-8-10-18(3)4/h9-10,13-14H,7-8,11-12,15-16H2,1-6H3,(H3,22,23)/b19-13+,20-14+. The summed E-state index contributed by atoms with van der Waals surface area (Å²) in [6.45, 7) is 14.2. The Labute approximate surface area is 149 Å². The molecule has 0 aromatic heterocycles. The third kappa shape index (κ3) is 12.7. The fourth-order valence-corrected chi connectivity index (χ4v) is 2.18. The molecule has 3 N–H and O–H groups in total. The van der Waals surface area contributed by atoms with Gasteiger partial charge in [-0.3, -0.25) is 5.41 Å². The monoisotopic (exact) mass is 331 g/mol. The fraction of sp³-hybridized carbons (Fsp3) is 0.571. The van der Waals surface area contributed by atoms with Crippen LogP contribution in [0.3, 0.4) is 0 Å². The Morgan fingerprint density at radius 1 is 0.750 bits per heavy atom. The molecule has 0 spiro atoms. The Balaban J connectivity index is 4.47. The van der Waals surface area contributed by atoms with E-state index >= 15 is 0 Å². The number of nitrogens with one attached hydrogen (secondary N) is 1. The first-order valence-electron chi connectivity index (χ1n) is 8.89. The van der Waals surface area contributed by atoms with Gasteiger partial charge in [0, 0.05) is 13.1 Å². The molecule has 0 heterocycles. The highest BCUT2D eigenvalue weighted by Crippen LogP contribution is 2.09. The molecule has 136 valence electrons. The lowest BCUT2D eigenvalue weighted by Gasteiger charge is -2.20. The maximum absolute atomic E-state index is 7.76. The van der Waals surface area contributed by atoms with E-state index in [1.807, 2.05) is 4.90 Å². The Morgan fingerprint density at radius 3 is 1.42 bits per heavy atom. The zero-order valence-electron chi connectivity index (χ0n) is 16.6. The number of guanidine groups is 1. The minimum Gasteiger partial charge on any atom is -0.370 e. The van der Waals surface area contributed by atoms with Gasteiger partial charge in [-0.1, -0.05) is 46.6 Å². The molecular formula is C21H37N3. The average molecular weight is 332 g/mol. The second-order valence-corrected chi connectivity index (χ2v) is 7.03. The van der Waals surface area contributed by atoms with Crippen LogP contribution in [0.1, 0.15) is 67.2 Å². The van der Waals surface area contributed by atoms with Crippen LogP contribution in [0.15, 0.2) is 46.6 Å². The maximum atomic E-state index is 7.76. The van der Waals surface area contributed by atoms with Crippen molar-refractivity contribution in [1.29, 1.82) is 5.41 Å². The molecule has 3 heteroatoms. The van der Waals surface area contributed by atoms with Crippen molar-refractivity contribution < 1.29 is 0 Å². The van der Waals surface area contributed by atoms with Crippen LogP contribution in [0.2, 0.25) is 0 Å². The highest BCUT2D eigenvalue weighted by molar-refractivity contribution is 5.74. The van der Waals surface area contributed by atoms with Crippen LogP contribution >= 0.6 is 0 Å². The molecule has 0 bridgehead atoms. The predicted molar refractivity (Wildman–Crippen MR) is 108 cm³/mol. The first-order chi connectivity index (χ1) is 11.2. The molecule has 0 amide bonds. The number of hydrogen-bond donors (Lipinski definition) is 2. The second kappa shape index (κ2) is 12.6.